The highest BCUT2D eigenvalue weighted by Crippen LogP contribution is 2.38. The smallest absolute Gasteiger partial charge is 0.159 e. The minimum Gasteiger partial charge on any atom is -0.329 e. The monoisotopic (exact) mass is 228 g/mol. The molecule has 1 heterocycles. The summed E-state index contributed by atoms with van der Waals surface area (Å²) in [5.41, 5.74) is 7.02. The molecule has 0 saturated heterocycles. The average Bonchev–Trinajstić information content (AvgIpc) is 3.12. The second kappa shape index (κ2) is 4.30. The van der Waals surface area contributed by atoms with E-state index >= 15 is 0 Å². The number of hydrogen-bond donors (Lipinski definition) is 2. The van der Waals surface area contributed by atoms with Crippen LogP contribution >= 0.6 is 0 Å². The van der Waals surface area contributed by atoms with Gasteiger partial charge < -0.3 is 5.73 Å². The summed E-state index contributed by atoms with van der Waals surface area (Å²) in [5.74, 6) is 2.54. The third-order valence-corrected chi connectivity index (χ3v) is 3.23. The zero-order valence-electron chi connectivity index (χ0n) is 9.63. The van der Waals surface area contributed by atoms with Gasteiger partial charge in [-0.15, -0.1) is 0 Å². The van der Waals surface area contributed by atoms with Crippen molar-refractivity contribution in [3.8, 4) is 0 Å². The Labute approximate surface area is 100 Å². The van der Waals surface area contributed by atoms with Gasteiger partial charge in [-0.1, -0.05) is 30.3 Å². The standard InChI is InChI=1S/C13H16N4/c14-8-11(9-4-2-1-3-5-9)13-15-12(16-17-13)10-6-7-10/h1-5,10-11H,6-8,14H2,(H,15,16,17). The molecule has 1 unspecified atom stereocenters. The fraction of sp³-hybridized carbons (Fsp3) is 0.385. The zero-order valence-corrected chi connectivity index (χ0v) is 9.63. The molecule has 17 heavy (non-hydrogen) atoms. The summed E-state index contributed by atoms with van der Waals surface area (Å²) >= 11 is 0. The molecule has 2 aromatic rings. The summed E-state index contributed by atoms with van der Waals surface area (Å²) in [6.07, 6.45) is 2.46. The first-order chi connectivity index (χ1) is 8.38. The number of aromatic amines is 1. The number of benzene rings is 1. The summed E-state index contributed by atoms with van der Waals surface area (Å²) in [6, 6.07) is 10.2. The van der Waals surface area contributed by atoms with Gasteiger partial charge in [0.2, 0.25) is 0 Å². The third kappa shape index (κ3) is 2.08. The maximum Gasteiger partial charge on any atom is 0.159 e. The predicted molar refractivity (Wildman–Crippen MR) is 65.7 cm³/mol. The van der Waals surface area contributed by atoms with Gasteiger partial charge in [0.25, 0.3) is 0 Å². The second-order valence-electron chi connectivity index (χ2n) is 4.55. The molecule has 4 nitrogen and oxygen atoms in total. The highest BCUT2D eigenvalue weighted by molar-refractivity contribution is 5.26. The fourth-order valence-corrected chi connectivity index (χ4v) is 2.06. The first kappa shape index (κ1) is 10.5. The molecule has 4 heteroatoms. The van der Waals surface area contributed by atoms with Crippen LogP contribution in [0.4, 0.5) is 0 Å². The molecule has 0 radical (unpaired) electrons. The van der Waals surface area contributed by atoms with Crippen LogP contribution in [0.25, 0.3) is 0 Å². The van der Waals surface area contributed by atoms with E-state index in [-0.39, 0.29) is 5.92 Å². The van der Waals surface area contributed by atoms with Crippen LogP contribution < -0.4 is 5.73 Å². The van der Waals surface area contributed by atoms with Crippen LogP contribution in [0.3, 0.4) is 0 Å². The van der Waals surface area contributed by atoms with Gasteiger partial charge in [0.15, 0.2) is 5.82 Å². The Kier molecular flexibility index (Phi) is 2.65. The molecule has 1 atom stereocenters. The average molecular weight is 228 g/mol. The lowest BCUT2D eigenvalue weighted by atomic mass is 9.99. The number of aromatic nitrogens is 3. The minimum absolute atomic E-state index is 0.0972. The molecule has 0 aliphatic heterocycles. The molecule has 1 aliphatic carbocycles. The van der Waals surface area contributed by atoms with Gasteiger partial charge in [-0.3, -0.25) is 5.10 Å². The molecule has 0 amide bonds. The van der Waals surface area contributed by atoms with Gasteiger partial charge in [-0.05, 0) is 18.4 Å². The number of nitrogens with zero attached hydrogens (tertiary/aromatic N) is 2. The first-order valence-corrected chi connectivity index (χ1v) is 6.05. The number of hydrogen-bond acceptors (Lipinski definition) is 3. The van der Waals surface area contributed by atoms with Gasteiger partial charge in [-0.25, -0.2) is 4.98 Å². The van der Waals surface area contributed by atoms with E-state index in [1.54, 1.807) is 0 Å². The van der Waals surface area contributed by atoms with Gasteiger partial charge in [0, 0.05) is 12.5 Å². The molecule has 1 saturated carbocycles. The molecule has 3 N–H and O–H groups in total. The maximum atomic E-state index is 5.84. The lowest BCUT2D eigenvalue weighted by Gasteiger charge is -2.10. The van der Waals surface area contributed by atoms with Crippen molar-refractivity contribution < 1.29 is 0 Å². The molecule has 1 aliphatic rings. The van der Waals surface area contributed by atoms with Crippen LogP contribution in [0.1, 0.15) is 41.9 Å². The van der Waals surface area contributed by atoms with Gasteiger partial charge in [-0.2, -0.15) is 5.10 Å². The number of rotatable bonds is 4. The van der Waals surface area contributed by atoms with Crippen molar-refractivity contribution >= 4 is 0 Å². The minimum atomic E-state index is 0.0972. The molecule has 3 rings (SSSR count). The van der Waals surface area contributed by atoms with E-state index < -0.39 is 0 Å². The van der Waals surface area contributed by atoms with E-state index in [0.29, 0.717) is 12.5 Å². The van der Waals surface area contributed by atoms with E-state index in [0.717, 1.165) is 11.6 Å². The quantitative estimate of drug-likeness (QED) is 0.838. The highest BCUT2D eigenvalue weighted by Gasteiger charge is 2.28. The summed E-state index contributed by atoms with van der Waals surface area (Å²) in [4.78, 5) is 4.57. The molecular formula is C13H16N4. The summed E-state index contributed by atoms with van der Waals surface area (Å²) in [5, 5.41) is 7.34. The van der Waals surface area contributed by atoms with Crippen molar-refractivity contribution in [3.05, 3.63) is 47.5 Å². The van der Waals surface area contributed by atoms with E-state index in [1.807, 2.05) is 18.2 Å². The molecule has 0 spiro atoms. The van der Waals surface area contributed by atoms with Crippen LogP contribution in [0.5, 0.6) is 0 Å². The predicted octanol–water partition coefficient (Wildman–Crippen LogP) is 1.77. The maximum absolute atomic E-state index is 5.84. The second-order valence-corrected chi connectivity index (χ2v) is 4.55. The molecule has 1 fully saturated rings. The van der Waals surface area contributed by atoms with Crippen molar-refractivity contribution in [2.24, 2.45) is 5.73 Å². The van der Waals surface area contributed by atoms with Crippen LogP contribution in [-0.4, -0.2) is 21.7 Å². The first-order valence-electron chi connectivity index (χ1n) is 6.05. The summed E-state index contributed by atoms with van der Waals surface area (Å²) in [6.45, 7) is 0.534. The molecule has 88 valence electrons. The van der Waals surface area contributed by atoms with E-state index in [9.17, 15) is 0 Å². The lowest BCUT2D eigenvalue weighted by Crippen LogP contribution is -2.15. The van der Waals surface area contributed by atoms with Gasteiger partial charge in [0.05, 0.1) is 5.92 Å². The largest absolute Gasteiger partial charge is 0.329 e. The topological polar surface area (TPSA) is 67.6 Å². The van der Waals surface area contributed by atoms with Gasteiger partial charge in [0.1, 0.15) is 5.82 Å². The Morgan fingerprint density at radius 1 is 1.29 bits per heavy atom. The zero-order chi connectivity index (χ0) is 11.7. The van der Waals surface area contributed by atoms with Crippen LogP contribution in [0, 0.1) is 0 Å². The van der Waals surface area contributed by atoms with Crippen LogP contribution in [0.2, 0.25) is 0 Å². The SMILES string of the molecule is NCC(c1ccccc1)c1n[nH]c(C2CC2)n1. The molecular weight excluding hydrogens is 212 g/mol. The Balaban J connectivity index is 1.88. The van der Waals surface area contributed by atoms with Crippen LogP contribution in [-0.2, 0) is 0 Å². The summed E-state index contributed by atoms with van der Waals surface area (Å²) in [7, 11) is 0. The molecule has 1 aromatic heterocycles. The number of nitrogens with one attached hydrogen (secondary N) is 1. The Morgan fingerprint density at radius 3 is 2.71 bits per heavy atom. The van der Waals surface area contributed by atoms with E-state index in [4.69, 9.17) is 5.73 Å². The third-order valence-electron chi connectivity index (χ3n) is 3.23. The highest BCUT2D eigenvalue weighted by atomic mass is 15.2. The normalized spacial score (nSPS) is 17.0. The summed E-state index contributed by atoms with van der Waals surface area (Å²) < 4.78 is 0. The van der Waals surface area contributed by atoms with Gasteiger partial charge >= 0.3 is 0 Å². The van der Waals surface area contributed by atoms with Crippen molar-refractivity contribution in [2.45, 2.75) is 24.7 Å². The Bertz CT molecular complexity index is 487. The lowest BCUT2D eigenvalue weighted by molar-refractivity contribution is 0.754. The van der Waals surface area contributed by atoms with Crippen LogP contribution in [0.15, 0.2) is 30.3 Å². The van der Waals surface area contributed by atoms with Crippen molar-refractivity contribution in [2.75, 3.05) is 6.54 Å². The Hall–Kier alpha value is -1.68. The van der Waals surface area contributed by atoms with Crippen molar-refractivity contribution in [1.29, 1.82) is 0 Å². The fourth-order valence-electron chi connectivity index (χ4n) is 2.06. The Morgan fingerprint density at radius 2 is 2.06 bits per heavy atom. The van der Waals surface area contributed by atoms with E-state index in [1.165, 1.54) is 18.4 Å². The number of H-pyrrole nitrogens is 1. The van der Waals surface area contributed by atoms with Crippen molar-refractivity contribution in [1.82, 2.24) is 15.2 Å². The van der Waals surface area contributed by atoms with Crippen molar-refractivity contribution in [3.63, 3.8) is 0 Å². The van der Waals surface area contributed by atoms with E-state index in [2.05, 4.69) is 27.3 Å². The molecule has 0 bridgehead atoms. The molecule has 1 aromatic carbocycles. The number of nitrogens with two attached hydrogens (primary N) is 1.